The summed E-state index contributed by atoms with van der Waals surface area (Å²) in [5, 5.41) is 4.60. The molecular formula is C24H25ClN6O2. The van der Waals surface area contributed by atoms with Gasteiger partial charge in [0.2, 0.25) is 5.95 Å². The van der Waals surface area contributed by atoms with Crippen LogP contribution in [0.4, 0.5) is 11.6 Å². The van der Waals surface area contributed by atoms with Crippen molar-refractivity contribution in [1.29, 1.82) is 0 Å². The minimum Gasteiger partial charge on any atom is -0.381 e. The van der Waals surface area contributed by atoms with E-state index in [1.165, 1.54) is 0 Å². The zero-order valence-electron chi connectivity index (χ0n) is 18.3. The number of ether oxygens (including phenoxy) is 1. The standard InChI is InChI=1S/C24H25ClN6O2/c1-31-13-21(27-14-31)19-4-7-26-24(30-19)28-17-10-16-11-20(29-23(16)18(25)12-17)22(32)3-2-15-5-8-33-9-6-15/h4,7,10-15,29H,2-3,5-6,8-9H2,1H3,(H,26,28,30). The van der Waals surface area contributed by atoms with Crippen molar-refractivity contribution in [3.05, 3.63) is 53.7 Å². The maximum Gasteiger partial charge on any atom is 0.227 e. The molecule has 1 fully saturated rings. The summed E-state index contributed by atoms with van der Waals surface area (Å²) in [4.78, 5) is 29.2. The normalized spacial score (nSPS) is 14.6. The minimum absolute atomic E-state index is 0.106. The van der Waals surface area contributed by atoms with E-state index in [-0.39, 0.29) is 5.78 Å². The van der Waals surface area contributed by atoms with Crippen LogP contribution in [0.2, 0.25) is 5.02 Å². The number of H-pyrrole nitrogens is 1. The van der Waals surface area contributed by atoms with E-state index in [4.69, 9.17) is 16.3 Å². The van der Waals surface area contributed by atoms with Crippen LogP contribution in [-0.4, -0.2) is 43.5 Å². The van der Waals surface area contributed by atoms with E-state index in [1.54, 1.807) is 18.6 Å². The van der Waals surface area contributed by atoms with Crippen LogP contribution in [0.3, 0.4) is 0 Å². The maximum absolute atomic E-state index is 12.8. The average molecular weight is 465 g/mol. The Morgan fingerprint density at radius 1 is 1.24 bits per heavy atom. The number of fused-ring (bicyclic) bond motifs is 1. The van der Waals surface area contributed by atoms with Gasteiger partial charge in [0, 0.05) is 50.1 Å². The van der Waals surface area contributed by atoms with Gasteiger partial charge < -0.3 is 19.6 Å². The van der Waals surface area contributed by atoms with Gasteiger partial charge in [-0.25, -0.2) is 15.0 Å². The largest absolute Gasteiger partial charge is 0.381 e. The van der Waals surface area contributed by atoms with E-state index in [0.29, 0.717) is 29.0 Å². The van der Waals surface area contributed by atoms with Crippen LogP contribution in [-0.2, 0) is 11.8 Å². The van der Waals surface area contributed by atoms with Gasteiger partial charge in [0.05, 0.1) is 28.3 Å². The number of aromatic amines is 1. The molecule has 0 atom stereocenters. The molecule has 0 aliphatic carbocycles. The third-order valence-corrected chi connectivity index (χ3v) is 6.28. The van der Waals surface area contributed by atoms with Crippen LogP contribution in [0.15, 0.2) is 43.0 Å². The number of carbonyl (C=O) groups is 1. The number of nitrogens with zero attached hydrogens (tertiary/aromatic N) is 4. The molecule has 1 saturated heterocycles. The molecule has 1 aliphatic rings. The van der Waals surface area contributed by atoms with Crippen LogP contribution >= 0.6 is 11.6 Å². The summed E-state index contributed by atoms with van der Waals surface area (Å²) < 4.78 is 7.27. The maximum atomic E-state index is 12.8. The monoisotopic (exact) mass is 464 g/mol. The molecule has 4 aromatic rings. The molecule has 33 heavy (non-hydrogen) atoms. The van der Waals surface area contributed by atoms with Gasteiger partial charge in [0.25, 0.3) is 0 Å². The smallest absolute Gasteiger partial charge is 0.227 e. The lowest BCUT2D eigenvalue weighted by Crippen LogP contribution is -2.16. The number of ketones is 1. The number of hydrogen-bond acceptors (Lipinski definition) is 6. The lowest BCUT2D eigenvalue weighted by Gasteiger charge is -2.21. The van der Waals surface area contributed by atoms with Crippen LogP contribution in [0.25, 0.3) is 22.3 Å². The highest BCUT2D eigenvalue weighted by atomic mass is 35.5. The molecule has 0 unspecified atom stereocenters. The van der Waals surface area contributed by atoms with Crippen LogP contribution in [0, 0.1) is 5.92 Å². The van der Waals surface area contributed by atoms with Gasteiger partial charge in [0.1, 0.15) is 5.69 Å². The topological polar surface area (TPSA) is 97.7 Å². The molecule has 3 aromatic heterocycles. The minimum atomic E-state index is 0.106. The van der Waals surface area contributed by atoms with Gasteiger partial charge in [-0.15, -0.1) is 0 Å². The molecular weight excluding hydrogens is 440 g/mol. The molecule has 0 spiro atoms. The molecule has 1 aromatic carbocycles. The first-order chi connectivity index (χ1) is 16.0. The van der Waals surface area contributed by atoms with Crippen molar-refractivity contribution in [2.24, 2.45) is 13.0 Å². The van der Waals surface area contributed by atoms with E-state index in [1.807, 2.05) is 36.0 Å². The predicted molar refractivity (Wildman–Crippen MR) is 128 cm³/mol. The summed E-state index contributed by atoms with van der Waals surface area (Å²) in [6.07, 6.45) is 8.79. The van der Waals surface area contributed by atoms with Crippen LogP contribution in [0.1, 0.15) is 36.2 Å². The molecule has 8 nitrogen and oxygen atoms in total. The lowest BCUT2D eigenvalue weighted by molar-refractivity contribution is 0.0619. The Morgan fingerprint density at radius 2 is 2.09 bits per heavy atom. The molecule has 0 saturated carbocycles. The summed E-state index contributed by atoms with van der Waals surface area (Å²) in [7, 11) is 1.91. The second-order valence-electron chi connectivity index (χ2n) is 8.44. The predicted octanol–water partition coefficient (Wildman–Crippen LogP) is 5.14. The number of Topliss-reactive ketones (excluding diaryl/α,β-unsaturated/α-hetero) is 1. The number of rotatable bonds is 7. The van der Waals surface area contributed by atoms with Crippen molar-refractivity contribution in [3.8, 4) is 11.4 Å². The molecule has 5 rings (SSSR count). The molecule has 4 heterocycles. The second kappa shape index (κ2) is 9.33. The van der Waals surface area contributed by atoms with Crippen molar-refractivity contribution >= 4 is 39.9 Å². The molecule has 0 amide bonds. The van der Waals surface area contributed by atoms with E-state index >= 15 is 0 Å². The number of carbonyl (C=O) groups excluding carboxylic acids is 1. The van der Waals surface area contributed by atoms with Gasteiger partial charge in [-0.3, -0.25) is 4.79 Å². The number of imidazole rings is 1. The lowest BCUT2D eigenvalue weighted by atomic mass is 9.93. The second-order valence-corrected chi connectivity index (χ2v) is 8.84. The first-order valence-electron chi connectivity index (χ1n) is 11.1. The van der Waals surface area contributed by atoms with E-state index in [2.05, 4.69) is 25.3 Å². The fourth-order valence-corrected chi connectivity index (χ4v) is 4.44. The highest BCUT2D eigenvalue weighted by molar-refractivity contribution is 6.35. The fourth-order valence-electron chi connectivity index (χ4n) is 4.16. The number of nitrogens with one attached hydrogen (secondary N) is 2. The molecule has 9 heteroatoms. The zero-order chi connectivity index (χ0) is 22.8. The molecule has 170 valence electrons. The highest BCUT2D eigenvalue weighted by Crippen LogP contribution is 2.30. The summed E-state index contributed by atoms with van der Waals surface area (Å²) >= 11 is 6.53. The van der Waals surface area contributed by atoms with Gasteiger partial charge in [0.15, 0.2) is 5.78 Å². The van der Waals surface area contributed by atoms with Crippen LogP contribution < -0.4 is 5.32 Å². The van der Waals surface area contributed by atoms with E-state index < -0.39 is 0 Å². The number of aromatic nitrogens is 5. The van der Waals surface area contributed by atoms with Gasteiger partial charge in [-0.1, -0.05) is 11.6 Å². The number of anilines is 2. The number of hydrogen-bond donors (Lipinski definition) is 2. The molecule has 0 radical (unpaired) electrons. The summed E-state index contributed by atoms with van der Waals surface area (Å²) in [6, 6.07) is 7.41. The van der Waals surface area contributed by atoms with Crippen molar-refractivity contribution in [1.82, 2.24) is 24.5 Å². The Labute approximate surface area is 196 Å². The first-order valence-corrected chi connectivity index (χ1v) is 11.4. The van der Waals surface area contributed by atoms with E-state index in [9.17, 15) is 4.79 Å². The van der Waals surface area contributed by atoms with Gasteiger partial charge in [-0.2, -0.15) is 0 Å². The van der Waals surface area contributed by atoms with Gasteiger partial charge >= 0.3 is 0 Å². The highest BCUT2D eigenvalue weighted by Gasteiger charge is 2.18. The zero-order valence-corrected chi connectivity index (χ0v) is 19.1. The number of benzene rings is 1. The SMILES string of the molecule is Cn1cnc(-c2ccnc(Nc3cc(Cl)c4[nH]c(C(=O)CCC5CCOCC5)cc4c3)n2)c1. The Bertz CT molecular complexity index is 1290. The third-order valence-electron chi connectivity index (χ3n) is 5.98. The van der Waals surface area contributed by atoms with Crippen molar-refractivity contribution < 1.29 is 9.53 Å². The molecule has 2 N–H and O–H groups in total. The third kappa shape index (κ3) is 4.91. The van der Waals surface area contributed by atoms with Crippen molar-refractivity contribution in [3.63, 3.8) is 0 Å². The average Bonchev–Trinajstić information content (AvgIpc) is 3.45. The van der Waals surface area contributed by atoms with Gasteiger partial charge in [-0.05, 0) is 49.4 Å². The quantitative estimate of drug-likeness (QED) is 0.367. The fraction of sp³-hybridized carbons (Fsp3) is 0.333. The van der Waals surface area contributed by atoms with E-state index in [0.717, 1.165) is 60.5 Å². The van der Waals surface area contributed by atoms with Crippen LogP contribution in [0.5, 0.6) is 0 Å². The summed E-state index contributed by atoms with van der Waals surface area (Å²) in [5.41, 5.74) is 3.57. The molecule has 1 aliphatic heterocycles. The Balaban J connectivity index is 1.32. The first kappa shape index (κ1) is 21.6. The summed E-state index contributed by atoms with van der Waals surface area (Å²) in [6.45, 7) is 1.59. The Morgan fingerprint density at radius 3 is 2.88 bits per heavy atom. The Kier molecular flexibility index (Phi) is 6.11. The van der Waals surface area contributed by atoms with Crippen molar-refractivity contribution in [2.75, 3.05) is 18.5 Å². The van der Waals surface area contributed by atoms with Crippen molar-refractivity contribution in [2.45, 2.75) is 25.7 Å². The number of halogens is 1. The Hall–Kier alpha value is -3.23. The molecule has 0 bridgehead atoms. The number of aryl methyl sites for hydroxylation is 1. The summed E-state index contributed by atoms with van der Waals surface area (Å²) in [5.74, 6) is 1.11.